The lowest BCUT2D eigenvalue weighted by atomic mass is 10.1. The average molecular weight is 314 g/mol. The first-order chi connectivity index (χ1) is 8.52. The number of aliphatic hydroxyl groups excluding tert-OH is 1. The van der Waals surface area contributed by atoms with Gasteiger partial charge in [0.15, 0.2) is 0 Å². The molecule has 0 aliphatic carbocycles. The number of anilines is 1. The molecule has 1 aliphatic rings. The Kier molecular flexibility index (Phi) is 3.63. The van der Waals surface area contributed by atoms with E-state index in [-0.39, 0.29) is 25.5 Å². The van der Waals surface area contributed by atoms with Gasteiger partial charge in [-0.25, -0.2) is 4.98 Å². The molecule has 0 saturated carbocycles. The molecular formula is C11H12BrN3O3. The van der Waals surface area contributed by atoms with Crippen LogP contribution in [0.5, 0.6) is 0 Å². The van der Waals surface area contributed by atoms with Gasteiger partial charge in [-0.2, -0.15) is 0 Å². The SMILES string of the molecule is NC(=O)C1CC(=O)N(c2ncc(Br)cc2CO)C1. The summed E-state index contributed by atoms with van der Waals surface area (Å²) in [6, 6.07) is 1.69. The van der Waals surface area contributed by atoms with E-state index in [1.807, 2.05) is 0 Å². The van der Waals surface area contributed by atoms with Gasteiger partial charge in [0.1, 0.15) is 5.82 Å². The molecule has 0 aromatic carbocycles. The molecule has 1 saturated heterocycles. The fourth-order valence-electron chi connectivity index (χ4n) is 1.94. The number of hydrogen-bond acceptors (Lipinski definition) is 4. The third-order valence-corrected chi connectivity index (χ3v) is 3.30. The summed E-state index contributed by atoms with van der Waals surface area (Å²) >= 11 is 3.24. The van der Waals surface area contributed by atoms with E-state index in [0.29, 0.717) is 15.9 Å². The van der Waals surface area contributed by atoms with Crippen molar-refractivity contribution in [1.29, 1.82) is 0 Å². The second-order valence-electron chi connectivity index (χ2n) is 4.10. The van der Waals surface area contributed by atoms with Gasteiger partial charge in [-0.15, -0.1) is 0 Å². The highest BCUT2D eigenvalue weighted by Crippen LogP contribution is 2.27. The van der Waals surface area contributed by atoms with E-state index in [4.69, 9.17) is 5.73 Å². The van der Waals surface area contributed by atoms with Crippen molar-refractivity contribution in [3.8, 4) is 0 Å². The molecule has 2 heterocycles. The van der Waals surface area contributed by atoms with Gasteiger partial charge in [0.05, 0.1) is 12.5 Å². The number of nitrogens with two attached hydrogens (primary N) is 1. The zero-order valence-electron chi connectivity index (χ0n) is 9.47. The van der Waals surface area contributed by atoms with Crippen LogP contribution in [0.1, 0.15) is 12.0 Å². The molecule has 0 bridgehead atoms. The molecule has 1 aromatic heterocycles. The molecule has 1 atom stereocenters. The van der Waals surface area contributed by atoms with Gasteiger partial charge in [-0.05, 0) is 22.0 Å². The maximum absolute atomic E-state index is 11.8. The predicted molar refractivity (Wildman–Crippen MR) is 67.5 cm³/mol. The molecule has 18 heavy (non-hydrogen) atoms. The summed E-state index contributed by atoms with van der Waals surface area (Å²) in [5.74, 6) is -0.805. The van der Waals surface area contributed by atoms with Gasteiger partial charge >= 0.3 is 0 Å². The molecule has 1 aromatic rings. The Labute approximate surface area is 112 Å². The van der Waals surface area contributed by atoms with Crippen molar-refractivity contribution in [3.05, 3.63) is 22.3 Å². The smallest absolute Gasteiger partial charge is 0.229 e. The maximum atomic E-state index is 11.8. The Balaban J connectivity index is 2.32. The quantitative estimate of drug-likeness (QED) is 0.831. The average Bonchev–Trinajstić information content (AvgIpc) is 2.71. The lowest BCUT2D eigenvalue weighted by molar-refractivity contribution is -0.123. The minimum Gasteiger partial charge on any atom is -0.392 e. The number of carbonyl (C=O) groups is 2. The second kappa shape index (κ2) is 5.03. The normalized spacial score (nSPS) is 19.3. The Bertz CT molecular complexity index is 506. The number of aliphatic hydroxyl groups is 1. The van der Waals surface area contributed by atoms with Crippen molar-refractivity contribution in [2.45, 2.75) is 13.0 Å². The van der Waals surface area contributed by atoms with Gasteiger partial charge in [0.25, 0.3) is 0 Å². The van der Waals surface area contributed by atoms with Crippen molar-refractivity contribution >= 4 is 33.6 Å². The van der Waals surface area contributed by atoms with Crippen LogP contribution in [0.4, 0.5) is 5.82 Å². The Morgan fingerprint density at radius 2 is 2.39 bits per heavy atom. The molecule has 1 aliphatic heterocycles. The number of hydrogen-bond donors (Lipinski definition) is 2. The van der Waals surface area contributed by atoms with Crippen LogP contribution in [0.3, 0.4) is 0 Å². The van der Waals surface area contributed by atoms with E-state index >= 15 is 0 Å². The second-order valence-corrected chi connectivity index (χ2v) is 5.02. The minimum absolute atomic E-state index is 0.0952. The standard InChI is InChI=1S/C11H12BrN3O3/c12-8-1-7(5-16)11(14-3-8)15-4-6(10(13)18)2-9(15)17/h1,3,6,16H,2,4-5H2,(H2,13,18). The molecule has 0 spiro atoms. The fraction of sp³-hybridized carbons (Fsp3) is 0.364. The number of rotatable bonds is 3. The van der Waals surface area contributed by atoms with E-state index in [0.717, 1.165) is 0 Å². The number of aromatic nitrogens is 1. The topological polar surface area (TPSA) is 96.5 Å². The lowest BCUT2D eigenvalue weighted by Gasteiger charge is -2.18. The molecule has 0 radical (unpaired) electrons. The molecule has 2 rings (SSSR count). The van der Waals surface area contributed by atoms with Crippen LogP contribution in [0.15, 0.2) is 16.7 Å². The van der Waals surface area contributed by atoms with Crippen LogP contribution in [0.2, 0.25) is 0 Å². The van der Waals surface area contributed by atoms with Gasteiger partial charge in [0, 0.05) is 29.2 Å². The summed E-state index contributed by atoms with van der Waals surface area (Å²) < 4.78 is 0.716. The van der Waals surface area contributed by atoms with E-state index in [1.54, 1.807) is 12.3 Å². The maximum Gasteiger partial charge on any atom is 0.229 e. The number of nitrogens with zero attached hydrogens (tertiary/aromatic N) is 2. The fourth-order valence-corrected chi connectivity index (χ4v) is 2.31. The summed E-state index contributed by atoms with van der Waals surface area (Å²) in [5.41, 5.74) is 5.73. The van der Waals surface area contributed by atoms with Gasteiger partial charge in [-0.1, -0.05) is 0 Å². The molecule has 1 fully saturated rings. The minimum atomic E-state index is -0.492. The molecule has 2 amide bonds. The number of halogens is 1. The van der Waals surface area contributed by atoms with Crippen molar-refractivity contribution < 1.29 is 14.7 Å². The monoisotopic (exact) mass is 313 g/mol. The van der Waals surface area contributed by atoms with E-state index in [9.17, 15) is 14.7 Å². The molecule has 1 unspecified atom stereocenters. The van der Waals surface area contributed by atoms with Crippen molar-refractivity contribution in [2.75, 3.05) is 11.4 Å². The van der Waals surface area contributed by atoms with Gasteiger partial charge in [0.2, 0.25) is 11.8 Å². The molecular weight excluding hydrogens is 302 g/mol. The first kappa shape index (κ1) is 13.0. The summed E-state index contributed by atoms with van der Waals surface area (Å²) in [6.45, 7) is -0.0113. The van der Waals surface area contributed by atoms with Crippen molar-refractivity contribution in [3.63, 3.8) is 0 Å². The zero-order valence-corrected chi connectivity index (χ0v) is 11.1. The number of carbonyl (C=O) groups excluding carboxylic acids is 2. The third-order valence-electron chi connectivity index (χ3n) is 2.86. The van der Waals surface area contributed by atoms with Crippen LogP contribution < -0.4 is 10.6 Å². The predicted octanol–water partition coefficient (Wildman–Crippen LogP) is 0.175. The Morgan fingerprint density at radius 1 is 1.67 bits per heavy atom. The summed E-state index contributed by atoms with van der Waals surface area (Å²) in [4.78, 5) is 28.4. The number of amides is 2. The van der Waals surface area contributed by atoms with Crippen molar-refractivity contribution in [2.24, 2.45) is 11.7 Å². The summed E-state index contributed by atoms with van der Waals surface area (Å²) in [7, 11) is 0. The molecule has 6 nitrogen and oxygen atoms in total. The first-order valence-corrected chi connectivity index (χ1v) is 6.17. The zero-order chi connectivity index (χ0) is 13.3. The molecule has 7 heteroatoms. The van der Waals surface area contributed by atoms with E-state index in [1.165, 1.54) is 4.90 Å². The van der Waals surface area contributed by atoms with Crippen molar-refractivity contribution in [1.82, 2.24) is 4.98 Å². The highest BCUT2D eigenvalue weighted by Gasteiger charge is 2.35. The van der Waals surface area contributed by atoms with Crippen LogP contribution in [0, 0.1) is 5.92 Å². The lowest BCUT2D eigenvalue weighted by Crippen LogP contribution is -2.29. The van der Waals surface area contributed by atoms with E-state index < -0.39 is 11.8 Å². The Morgan fingerprint density at radius 3 is 2.94 bits per heavy atom. The van der Waals surface area contributed by atoms with Crippen LogP contribution >= 0.6 is 15.9 Å². The van der Waals surface area contributed by atoms with Crippen LogP contribution in [-0.4, -0.2) is 28.4 Å². The van der Waals surface area contributed by atoms with Crippen LogP contribution in [-0.2, 0) is 16.2 Å². The van der Waals surface area contributed by atoms with Crippen LogP contribution in [0.25, 0.3) is 0 Å². The number of pyridine rings is 1. The first-order valence-electron chi connectivity index (χ1n) is 5.38. The largest absolute Gasteiger partial charge is 0.392 e. The summed E-state index contributed by atoms with van der Waals surface area (Å²) in [6.07, 6.45) is 1.64. The van der Waals surface area contributed by atoms with E-state index in [2.05, 4.69) is 20.9 Å². The van der Waals surface area contributed by atoms with Gasteiger partial charge in [-0.3, -0.25) is 14.5 Å². The Hall–Kier alpha value is -1.47. The third kappa shape index (κ3) is 2.37. The summed E-state index contributed by atoms with van der Waals surface area (Å²) in [5, 5.41) is 9.27. The highest BCUT2D eigenvalue weighted by molar-refractivity contribution is 9.10. The number of primary amides is 1. The highest BCUT2D eigenvalue weighted by atomic mass is 79.9. The van der Waals surface area contributed by atoms with Gasteiger partial charge < -0.3 is 10.8 Å². The molecule has 3 N–H and O–H groups in total. The molecule has 96 valence electrons.